The van der Waals surface area contributed by atoms with Gasteiger partial charge in [0.05, 0.1) is 12.1 Å². The SMILES string of the molecule is CCCC(=O)C1(NC(=O)[C@@H](NC(=O)[C@H](N)Cc2ccccc2)C(C)O)CC1CN. The lowest BCUT2D eigenvalue weighted by Gasteiger charge is -2.26. The molecule has 5 atom stereocenters. The lowest BCUT2D eigenvalue weighted by Crippen LogP contribution is -2.59. The smallest absolute Gasteiger partial charge is 0.246 e. The number of carbonyl (C=O) groups excluding carboxylic acids is 3. The van der Waals surface area contributed by atoms with E-state index in [4.69, 9.17) is 11.5 Å². The fourth-order valence-electron chi connectivity index (χ4n) is 3.55. The maximum absolute atomic E-state index is 12.8. The van der Waals surface area contributed by atoms with Crippen LogP contribution in [0.1, 0.15) is 38.7 Å². The van der Waals surface area contributed by atoms with Crippen LogP contribution in [0.3, 0.4) is 0 Å². The number of rotatable bonds is 11. The van der Waals surface area contributed by atoms with E-state index in [0.29, 0.717) is 25.7 Å². The quantitative estimate of drug-likeness (QED) is 0.340. The predicted molar refractivity (Wildman–Crippen MR) is 110 cm³/mol. The van der Waals surface area contributed by atoms with Crippen molar-refractivity contribution in [1.29, 1.82) is 0 Å². The first kappa shape index (κ1) is 23.0. The van der Waals surface area contributed by atoms with Gasteiger partial charge in [-0.15, -0.1) is 0 Å². The molecule has 1 fully saturated rings. The highest BCUT2D eigenvalue weighted by Crippen LogP contribution is 2.44. The molecule has 0 bridgehead atoms. The Kier molecular flexibility index (Phi) is 7.89. The summed E-state index contributed by atoms with van der Waals surface area (Å²) in [7, 11) is 0. The minimum atomic E-state index is -1.21. The average molecular weight is 405 g/mol. The third-order valence-electron chi connectivity index (χ3n) is 5.41. The van der Waals surface area contributed by atoms with Crippen molar-refractivity contribution in [2.75, 3.05) is 6.54 Å². The number of Topliss-reactive ketones (excluding diaryl/α,β-unsaturated/α-hetero) is 1. The number of aliphatic hydroxyl groups is 1. The maximum Gasteiger partial charge on any atom is 0.246 e. The fraction of sp³-hybridized carbons (Fsp3) is 0.571. The van der Waals surface area contributed by atoms with Gasteiger partial charge in [0.15, 0.2) is 5.78 Å². The zero-order valence-corrected chi connectivity index (χ0v) is 17.1. The Bertz CT molecular complexity index is 725. The van der Waals surface area contributed by atoms with Crippen LogP contribution in [-0.4, -0.2) is 53.0 Å². The van der Waals surface area contributed by atoms with Crippen LogP contribution in [0.2, 0.25) is 0 Å². The molecule has 0 aromatic heterocycles. The van der Waals surface area contributed by atoms with Gasteiger partial charge < -0.3 is 27.2 Å². The molecule has 2 amide bonds. The highest BCUT2D eigenvalue weighted by molar-refractivity contribution is 5.98. The van der Waals surface area contributed by atoms with Crippen molar-refractivity contribution in [2.24, 2.45) is 17.4 Å². The second-order valence-corrected chi connectivity index (χ2v) is 7.79. The summed E-state index contributed by atoms with van der Waals surface area (Å²) in [6, 6.07) is 7.19. The van der Waals surface area contributed by atoms with Crippen molar-refractivity contribution >= 4 is 17.6 Å². The maximum atomic E-state index is 12.8. The minimum Gasteiger partial charge on any atom is -0.391 e. The van der Waals surface area contributed by atoms with Crippen LogP contribution in [0.25, 0.3) is 0 Å². The Morgan fingerprint density at radius 2 is 1.90 bits per heavy atom. The molecular formula is C21H32N4O4. The number of carbonyl (C=O) groups is 3. The van der Waals surface area contributed by atoms with Gasteiger partial charge in [-0.25, -0.2) is 0 Å². The van der Waals surface area contributed by atoms with Crippen molar-refractivity contribution in [2.45, 2.75) is 63.3 Å². The van der Waals surface area contributed by atoms with E-state index in [1.807, 2.05) is 37.3 Å². The summed E-state index contributed by atoms with van der Waals surface area (Å²) in [4.78, 5) is 37.8. The summed E-state index contributed by atoms with van der Waals surface area (Å²) in [5.74, 6) is -1.35. The number of nitrogens with one attached hydrogen (secondary N) is 2. The van der Waals surface area contributed by atoms with Gasteiger partial charge in [0, 0.05) is 12.3 Å². The molecule has 0 heterocycles. The Morgan fingerprint density at radius 3 is 2.41 bits per heavy atom. The molecule has 1 aliphatic carbocycles. The molecular weight excluding hydrogens is 372 g/mol. The normalized spacial score (nSPS) is 23.6. The van der Waals surface area contributed by atoms with Crippen molar-refractivity contribution in [3.8, 4) is 0 Å². The Balaban J connectivity index is 2.03. The largest absolute Gasteiger partial charge is 0.391 e. The van der Waals surface area contributed by atoms with Crippen LogP contribution in [0.4, 0.5) is 0 Å². The summed E-state index contributed by atoms with van der Waals surface area (Å²) in [5.41, 5.74) is 11.6. The van der Waals surface area contributed by atoms with Crippen molar-refractivity contribution in [1.82, 2.24) is 10.6 Å². The molecule has 3 unspecified atom stereocenters. The summed E-state index contributed by atoms with van der Waals surface area (Å²) in [5, 5.41) is 15.3. The third-order valence-corrected chi connectivity index (χ3v) is 5.41. The van der Waals surface area contributed by atoms with E-state index in [9.17, 15) is 19.5 Å². The first-order chi connectivity index (χ1) is 13.7. The second kappa shape index (κ2) is 9.96. The van der Waals surface area contributed by atoms with E-state index in [1.165, 1.54) is 6.92 Å². The molecule has 1 aliphatic rings. The molecule has 0 saturated heterocycles. The van der Waals surface area contributed by atoms with Crippen LogP contribution in [0.5, 0.6) is 0 Å². The van der Waals surface area contributed by atoms with Crippen molar-refractivity contribution < 1.29 is 19.5 Å². The van der Waals surface area contributed by atoms with Gasteiger partial charge in [-0.3, -0.25) is 14.4 Å². The van der Waals surface area contributed by atoms with Gasteiger partial charge in [-0.1, -0.05) is 37.3 Å². The molecule has 0 radical (unpaired) electrons. The van der Waals surface area contributed by atoms with Gasteiger partial charge in [-0.2, -0.15) is 0 Å². The van der Waals surface area contributed by atoms with Gasteiger partial charge >= 0.3 is 0 Å². The number of ketones is 1. The molecule has 1 saturated carbocycles. The van der Waals surface area contributed by atoms with Gasteiger partial charge in [0.25, 0.3) is 0 Å². The van der Waals surface area contributed by atoms with E-state index < -0.39 is 35.5 Å². The first-order valence-electron chi connectivity index (χ1n) is 10.1. The molecule has 160 valence electrons. The van der Waals surface area contributed by atoms with E-state index in [0.717, 1.165) is 5.56 Å². The summed E-state index contributed by atoms with van der Waals surface area (Å²) >= 11 is 0. The number of hydrogen-bond acceptors (Lipinski definition) is 6. The summed E-state index contributed by atoms with van der Waals surface area (Å²) < 4.78 is 0. The molecule has 29 heavy (non-hydrogen) atoms. The first-order valence-corrected chi connectivity index (χ1v) is 10.1. The van der Waals surface area contributed by atoms with Gasteiger partial charge in [-0.05, 0) is 38.3 Å². The lowest BCUT2D eigenvalue weighted by atomic mass is 10.0. The highest BCUT2D eigenvalue weighted by Gasteiger charge is 2.59. The molecule has 8 nitrogen and oxygen atoms in total. The second-order valence-electron chi connectivity index (χ2n) is 7.79. The summed E-state index contributed by atoms with van der Waals surface area (Å²) in [6.07, 6.45) is 0.622. The van der Waals surface area contributed by atoms with Gasteiger partial charge in [0.2, 0.25) is 11.8 Å². The molecule has 1 aromatic rings. The third kappa shape index (κ3) is 5.62. The number of hydrogen-bond donors (Lipinski definition) is 5. The number of nitrogens with two attached hydrogens (primary N) is 2. The molecule has 2 rings (SSSR count). The molecule has 7 N–H and O–H groups in total. The van der Waals surface area contributed by atoms with E-state index >= 15 is 0 Å². The van der Waals surface area contributed by atoms with Crippen LogP contribution in [-0.2, 0) is 20.8 Å². The number of aliphatic hydroxyl groups excluding tert-OH is 1. The minimum absolute atomic E-state index is 0.0692. The average Bonchev–Trinajstić information content (AvgIpc) is 3.40. The molecule has 0 spiro atoms. The Hall–Kier alpha value is -2.29. The zero-order valence-electron chi connectivity index (χ0n) is 17.1. The molecule has 0 aliphatic heterocycles. The Labute approximate surface area is 171 Å². The topological polar surface area (TPSA) is 148 Å². The van der Waals surface area contributed by atoms with Crippen LogP contribution >= 0.6 is 0 Å². The van der Waals surface area contributed by atoms with Crippen molar-refractivity contribution in [3.63, 3.8) is 0 Å². The number of benzene rings is 1. The highest BCUT2D eigenvalue weighted by atomic mass is 16.3. The standard InChI is InChI=1S/C21H32N4O4/c1-3-7-17(27)21(11-15(21)12-22)25-20(29)18(13(2)26)24-19(28)16(23)10-14-8-5-4-6-9-14/h4-6,8-9,13,15-16,18,26H,3,7,10-12,22-23H2,1-2H3,(H,24,28)(H,25,29)/t13?,15?,16-,18+,21?/m1/s1. The summed E-state index contributed by atoms with van der Waals surface area (Å²) in [6.45, 7) is 3.57. The molecule has 1 aromatic carbocycles. The van der Waals surface area contributed by atoms with E-state index in [1.54, 1.807) is 0 Å². The van der Waals surface area contributed by atoms with Gasteiger partial charge in [0.1, 0.15) is 11.6 Å². The van der Waals surface area contributed by atoms with Crippen LogP contribution < -0.4 is 22.1 Å². The van der Waals surface area contributed by atoms with E-state index in [-0.39, 0.29) is 18.2 Å². The zero-order chi connectivity index (χ0) is 21.6. The predicted octanol–water partition coefficient (Wildman–Crippen LogP) is -0.375. The van der Waals surface area contributed by atoms with Crippen LogP contribution in [0, 0.1) is 5.92 Å². The van der Waals surface area contributed by atoms with Crippen LogP contribution in [0.15, 0.2) is 30.3 Å². The Morgan fingerprint density at radius 1 is 1.24 bits per heavy atom. The number of amides is 2. The van der Waals surface area contributed by atoms with E-state index in [2.05, 4.69) is 10.6 Å². The van der Waals surface area contributed by atoms with Crippen molar-refractivity contribution in [3.05, 3.63) is 35.9 Å². The monoisotopic (exact) mass is 404 g/mol. The lowest BCUT2D eigenvalue weighted by molar-refractivity contribution is -0.135. The fourth-order valence-corrected chi connectivity index (χ4v) is 3.55. The molecule has 8 heteroatoms.